The topological polar surface area (TPSA) is 131 Å². The Morgan fingerprint density at radius 1 is 1.47 bits per heavy atom. The monoisotopic (exact) mass is 267 g/mol. The molecule has 0 aromatic carbocycles. The minimum absolute atomic E-state index is 0.178. The molecule has 1 fully saturated rings. The molecule has 0 bridgehead atoms. The Morgan fingerprint density at radius 2 is 2.06 bits per heavy atom. The van der Waals surface area contributed by atoms with E-state index in [1.165, 1.54) is 0 Å². The predicted octanol–water partition coefficient (Wildman–Crippen LogP) is -2.00. The van der Waals surface area contributed by atoms with E-state index in [4.69, 9.17) is 15.6 Å². The highest BCUT2D eigenvalue weighted by Gasteiger charge is 2.21. The van der Waals surface area contributed by atoms with Gasteiger partial charge in [0.2, 0.25) is 0 Å². The molecule has 1 atom stereocenters. The van der Waals surface area contributed by atoms with Gasteiger partial charge >= 0.3 is 5.97 Å². The van der Waals surface area contributed by atoms with Gasteiger partial charge < -0.3 is 15.6 Å². The van der Waals surface area contributed by atoms with Crippen molar-refractivity contribution < 1.29 is 23.1 Å². The van der Waals surface area contributed by atoms with Gasteiger partial charge in [0.25, 0.3) is 10.2 Å². The molecule has 0 spiro atoms. The molecular formula is C8H17N3O5S. The van der Waals surface area contributed by atoms with E-state index < -0.39 is 22.2 Å². The molecule has 0 saturated carbocycles. The first-order valence-corrected chi connectivity index (χ1v) is 6.72. The molecule has 17 heavy (non-hydrogen) atoms. The van der Waals surface area contributed by atoms with Gasteiger partial charge in [0.15, 0.2) is 0 Å². The average Bonchev–Trinajstić information content (AvgIpc) is 2.26. The Balaban J connectivity index is 2.37. The third-order valence-electron chi connectivity index (χ3n) is 2.35. The van der Waals surface area contributed by atoms with Gasteiger partial charge in [-0.05, 0) is 12.8 Å². The second kappa shape index (κ2) is 6.26. The fourth-order valence-electron chi connectivity index (χ4n) is 1.36. The lowest BCUT2D eigenvalue weighted by molar-refractivity contribution is -0.138. The van der Waals surface area contributed by atoms with E-state index in [9.17, 15) is 13.2 Å². The van der Waals surface area contributed by atoms with E-state index >= 15 is 0 Å². The lowest BCUT2D eigenvalue weighted by atomic mass is 10.1. The van der Waals surface area contributed by atoms with Crippen molar-refractivity contribution in [2.75, 3.05) is 19.8 Å². The number of hydrogen-bond acceptors (Lipinski definition) is 5. The molecule has 0 unspecified atom stereocenters. The normalized spacial score (nSPS) is 20.1. The summed E-state index contributed by atoms with van der Waals surface area (Å²) < 4.78 is 32.6. The van der Waals surface area contributed by atoms with Crippen molar-refractivity contribution in [3.05, 3.63) is 0 Å². The standard InChI is InChI=1S/C8H17N3O5S/c9-7(8(12)13)5-10-17(14,15)11-6-1-3-16-4-2-6/h6-7,10-11H,1-5,9H2,(H,12,13)/t7-/m0/s1. The smallest absolute Gasteiger partial charge is 0.321 e. The van der Waals surface area contributed by atoms with Crippen molar-refractivity contribution >= 4 is 16.2 Å². The van der Waals surface area contributed by atoms with Crippen LogP contribution in [0, 0.1) is 0 Å². The summed E-state index contributed by atoms with van der Waals surface area (Å²) in [7, 11) is -3.71. The third-order valence-corrected chi connectivity index (χ3v) is 3.54. The number of ether oxygens (including phenoxy) is 1. The summed E-state index contributed by atoms with van der Waals surface area (Å²) >= 11 is 0. The molecule has 1 aliphatic rings. The van der Waals surface area contributed by atoms with Crippen LogP contribution < -0.4 is 15.2 Å². The summed E-state index contributed by atoms with van der Waals surface area (Å²) in [4.78, 5) is 10.4. The van der Waals surface area contributed by atoms with Crippen LogP contribution in [0.1, 0.15) is 12.8 Å². The maximum Gasteiger partial charge on any atom is 0.321 e. The largest absolute Gasteiger partial charge is 0.480 e. The van der Waals surface area contributed by atoms with Gasteiger partial charge in [-0.3, -0.25) is 4.79 Å². The third kappa shape index (κ3) is 5.41. The fourth-order valence-corrected chi connectivity index (χ4v) is 2.52. The highest BCUT2D eigenvalue weighted by Crippen LogP contribution is 2.06. The van der Waals surface area contributed by atoms with Crippen LogP contribution in [-0.2, 0) is 19.7 Å². The number of carboxylic acids is 1. The molecule has 0 aromatic heterocycles. The van der Waals surface area contributed by atoms with Crippen molar-refractivity contribution in [2.45, 2.75) is 24.9 Å². The van der Waals surface area contributed by atoms with Crippen molar-refractivity contribution in [3.8, 4) is 0 Å². The molecule has 1 heterocycles. The zero-order chi connectivity index (χ0) is 12.9. The van der Waals surface area contributed by atoms with Gasteiger partial charge in [-0.15, -0.1) is 0 Å². The van der Waals surface area contributed by atoms with Crippen LogP contribution in [0.3, 0.4) is 0 Å². The molecule has 100 valence electrons. The maximum atomic E-state index is 11.5. The van der Waals surface area contributed by atoms with Gasteiger partial charge in [0.1, 0.15) is 6.04 Å². The van der Waals surface area contributed by atoms with Crippen LogP contribution in [0.25, 0.3) is 0 Å². The Labute approximate surface area is 99.7 Å². The van der Waals surface area contributed by atoms with E-state index in [-0.39, 0.29) is 12.6 Å². The number of carboxylic acid groups (broad SMARTS) is 1. The number of nitrogens with two attached hydrogens (primary N) is 1. The second-order valence-corrected chi connectivity index (χ2v) is 5.33. The highest BCUT2D eigenvalue weighted by atomic mass is 32.2. The zero-order valence-corrected chi connectivity index (χ0v) is 10.1. The van der Waals surface area contributed by atoms with Crippen molar-refractivity contribution in [2.24, 2.45) is 5.73 Å². The van der Waals surface area contributed by atoms with Gasteiger partial charge in [0, 0.05) is 25.8 Å². The van der Waals surface area contributed by atoms with Crippen LogP contribution in [0.5, 0.6) is 0 Å². The summed E-state index contributed by atoms with van der Waals surface area (Å²) in [5, 5.41) is 8.50. The first-order valence-electron chi connectivity index (χ1n) is 5.24. The van der Waals surface area contributed by atoms with Gasteiger partial charge in [-0.25, -0.2) is 4.72 Å². The van der Waals surface area contributed by atoms with Gasteiger partial charge in [-0.2, -0.15) is 13.1 Å². The number of nitrogens with one attached hydrogen (secondary N) is 2. The van der Waals surface area contributed by atoms with Crippen molar-refractivity contribution in [1.82, 2.24) is 9.44 Å². The summed E-state index contributed by atoms with van der Waals surface area (Å²) in [6.45, 7) is 0.692. The summed E-state index contributed by atoms with van der Waals surface area (Å²) in [6, 6.07) is -1.43. The molecule has 1 aliphatic heterocycles. The van der Waals surface area contributed by atoms with Crippen LogP contribution >= 0.6 is 0 Å². The van der Waals surface area contributed by atoms with E-state index in [1.54, 1.807) is 0 Å². The Kier molecular flexibility index (Phi) is 5.28. The molecule has 5 N–H and O–H groups in total. The Morgan fingerprint density at radius 3 is 2.59 bits per heavy atom. The van der Waals surface area contributed by atoms with Crippen LogP contribution in [0.2, 0.25) is 0 Å². The molecule has 9 heteroatoms. The molecular weight excluding hydrogens is 250 g/mol. The maximum absolute atomic E-state index is 11.5. The van der Waals surface area contributed by atoms with E-state index in [0.717, 1.165) is 0 Å². The minimum atomic E-state index is -3.71. The molecule has 0 aromatic rings. The minimum Gasteiger partial charge on any atom is -0.480 e. The summed E-state index contributed by atoms with van der Waals surface area (Å²) in [5.74, 6) is -1.25. The SMILES string of the molecule is N[C@@H](CNS(=O)(=O)NC1CCOCC1)C(=O)O. The lowest BCUT2D eigenvalue weighted by Crippen LogP contribution is -2.49. The fraction of sp³-hybridized carbons (Fsp3) is 0.875. The quantitative estimate of drug-likeness (QED) is 0.440. The van der Waals surface area contributed by atoms with Crippen LogP contribution in [-0.4, -0.2) is 51.3 Å². The molecule has 0 radical (unpaired) electrons. The average molecular weight is 267 g/mol. The van der Waals surface area contributed by atoms with Crippen molar-refractivity contribution in [1.29, 1.82) is 0 Å². The van der Waals surface area contributed by atoms with E-state index in [0.29, 0.717) is 26.1 Å². The summed E-state index contributed by atoms with van der Waals surface area (Å²) in [5.41, 5.74) is 5.18. The number of rotatable bonds is 6. The number of carbonyl (C=O) groups is 1. The van der Waals surface area contributed by atoms with Crippen LogP contribution in [0.15, 0.2) is 0 Å². The second-order valence-electron chi connectivity index (χ2n) is 3.80. The first kappa shape index (κ1) is 14.3. The molecule has 1 saturated heterocycles. The highest BCUT2D eigenvalue weighted by molar-refractivity contribution is 7.87. The zero-order valence-electron chi connectivity index (χ0n) is 9.26. The van der Waals surface area contributed by atoms with E-state index in [2.05, 4.69) is 9.44 Å². The number of aliphatic carboxylic acids is 1. The molecule has 1 rings (SSSR count). The van der Waals surface area contributed by atoms with Crippen molar-refractivity contribution in [3.63, 3.8) is 0 Å². The van der Waals surface area contributed by atoms with E-state index in [1.807, 2.05) is 0 Å². The lowest BCUT2D eigenvalue weighted by Gasteiger charge is -2.23. The van der Waals surface area contributed by atoms with Gasteiger partial charge in [0.05, 0.1) is 0 Å². The molecule has 0 amide bonds. The van der Waals surface area contributed by atoms with Crippen LogP contribution in [0.4, 0.5) is 0 Å². The number of hydrogen-bond donors (Lipinski definition) is 4. The first-order chi connectivity index (χ1) is 7.91. The summed E-state index contributed by atoms with van der Waals surface area (Å²) in [6.07, 6.45) is 1.21. The molecule has 8 nitrogen and oxygen atoms in total. The predicted molar refractivity (Wildman–Crippen MR) is 59.5 cm³/mol. The van der Waals surface area contributed by atoms with Gasteiger partial charge in [-0.1, -0.05) is 0 Å². The Hall–Kier alpha value is -0.740. The molecule has 0 aliphatic carbocycles. The Bertz CT molecular complexity index is 352.